The van der Waals surface area contributed by atoms with Gasteiger partial charge < -0.3 is 5.11 Å². The Morgan fingerprint density at radius 2 is 0.561 bits per heavy atom. The van der Waals surface area contributed by atoms with Crippen molar-refractivity contribution in [2.24, 2.45) is 0 Å². The molecule has 0 amide bonds. The summed E-state index contributed by atoms with van der Waals surface area (Å²) in [4.78, 5) is 170. The van der Waals surface area contributed by atoms with Crippen LogP contribution in [0.25, 0.3) is 10.8 Å². The third kappa shape index (κ3) is 12.4. The number of aromatic carboxylic acids is 1. The zero-order valence-electron chi connectivity index (χ0n) is 33.1. The highest BCUT2D eigenvalue weighted by atomic mass is 16.4. The van der Waals surface area contributed by atoms with Gasteiger partial charge in [0.2, 0.25) is 10.9 Å². The molecule has 0 saturated carbocycles. The molecular formula is C43H52O14. The molecule has 2 aromatic rings. The summed E-state index contributed by atoms with van der Waals surface area (Å²) < 4.78 is 0. The second-order valence-electron chi connectivity index (χ2n) is 14.4. The Hall–Kier alpha value is -5.27. The molecule has 0 spiro atoms. The summed E-state index contributed by atoms with van der Waals surface area (Å²) in [6.45, 7) is 6.09. The van der Waals surface area contributed by atoms with Gasteiger partial charge in [0.1, 0.15) is 0 Å². The number of unbranched alkanes of at least 4 members (excludes halogenated alkanes) is 15. The number of carboxylic acids is 1. The lowest BCUT2D eigenvalue weighted by Gasteiger charge is -2.20. The second-order valence-corrected chi connectivity index (χ2v) is 14.4. The summed E-state index contributed by atoms with van der Waals surface area (Å²) in [6, 6.07) is 0. The van der Waals surface area contributed by atoms with Gasteiger partial charge in [0, 0.05) is 5.39 Å². The Morgan fingerprint density at radius 1 is 0.316 bits per heavy atom. The van der Waals surface area contributed by atoms with Gasteiger partial charge in [-0.2, -0.15) is 0 Å². The average Bonchev–Trinajstić information content (AvgIpc) is 3.20. The first-order valence-corrected chi connectivity index (χ1v) is 20.1. The molecule has 0 heterocycles. The largest absolute Gasteiger partial charge is 0.478 e. The number of carboxylic acid groups (broad SMARTS) is 1. The lowest BCUT2D eigenvalue weighted by molar-refractivity contribution is 0.0697. The van der Waals surface area contributed by atoms with Gasteiger partial charge in [-0.25, -0.2) is 4.79 Å². The van der Waals surface area contributed by atoms with Crippen molar-refractivity contribution in [1.82, 2.24) is 0 Å². The average molecular weight is 793 g/mol. The first-order chi connectivity index (χ1) is 27.1. The SMILES string of the molecule is CCCCCCCCc1c(CCCCCCCC)c(C(=O)O)c2c(=O)c(=O)c(=O)c(=O)c(=O)c(=O)c(=O)c(=O)c(=O)c(=O)c(=O)c(=O)c2c1CCCCCCCC. The molecule has 0 aromatic heterocycles. The van der Waals surface area contributed by atoms with E-state index < -0.39 is 87.5 Å². The first kappa shape index (κ1) is 47.9. The zero-order chi connectivity index (χ0) is 42.8. The first-order valence-electron chi connectivity index (χ1n) is 20.1. The standard InChI is InChI=1S/C43H52O14/c1-4-7-10-13-16-19-22-25-26(23-20-17-14-11-8-5-2)28-30(29(43(56)57)27(25)24-21-18-15-12-9-6-3)32(45)34(47)36(49)38(51)40(53)42(55)41(54)39(52)37(50)35(48)33(46)31(28)44/h4-24H2,1-3H3,(H,56,57). The summed E-state index contributed by atoms with van der Waals surface area (Å²) in [6.07, 6.45) is 13.8. The van der Waals surface area contributed by atoms with Crippen LogP contribution in [0.15, 0.2) is 57.5 Å². The van der Waals surface area contributed by atoms with Crippen LogP contribution in [0.5, 0.6) is 0 Å². The Balaban J connectivity index is 3.56. The van der Waals surface area contributed by atoms with E-state index in [9.17, 15) is 67.4 Å². The molecule has 308 valence electrons. The highest BCUT2D eigenvalue weighted by Crippen LogP contribution is 2.32. The second kappa shape index (κ2) is 23.7. The number of rotatable bonds is 22. The van der Waals surface area contributed by atoms with Crippen LogP contribution in [0.4, 0.5) is 0 Å². The normalized spacial score (nSPS) is 11.1. The summed E-state index contributed by atoms with van der Waals surface area (Å²) in [5, 5.41) is 8.39. The van der Waals surface area contributed by atoms with Gasteiger partial charge in [-0.05, 0) is 55.2 Å². The minimum absolute atomic E-state index is 0.00715. The van der Waals surface area contributed by atoms with E-state index in [-0.39, 0.29) is 36.0 Å². The zero-order valence-corrected chi connectivity index (χ0v) is 33.1. The number of fused-ring (bicyclic) bond motifs is 1. The third-order valence-corrected chi connectivity index (χ3v) is 10.1. The van der Waals surface area contributed by atoms with Crippen molar-refractivity contribution < 1.29 is 9.90 Å². The molecule has 14 nitrogen and oxygen atoms in total. The molecule has 0 aliphatic rings. The van der Waals surface area contributed by atoms with Gasteiger partial charge in [0.25, 0.3) is 54.3 Å². The fourth-order valence-electron chi connectivity index (χ4n) is 6.98. The summed E-state index contributed by atoms with van der Waals surface area (Å²) >= 11 is 0. The maximum absolute atomic E-state index is 14.3. The molecule has 0 bridgehead atoms. The third-order valence-electron chi connectivity index (χ3n) is 10.1. The lowest BCUT2D eigenvalue weighted by Crippen LogP contribution is -2.59. The summed E-state index contributed by atoms with van der Waals surface area (Å²) in [5.41, 5.74) is -29.8. The Bertz CT molecular complexity index is 2560. The quantitative estimate of drug-likeness (QED) is 0.133. The van der Waals surface area contributed by atoms with Crippen LogP contribution in [0, 0.1) is 0 Å². The van der Waals surface area contributed by atoms with E-state index in [0.29, 0.717) is 38.5 Å². The minimum atomic E-state index is -2.62. The fraction of sp³-hybridized carbons (Fsp3) is 0.558. The van der Waals surface area contributed by atoms with E-state index in [2.05, 4.69) is 0 Å². The molecule has 2 rings (SSSR count). The predicted octanol–water partition coefficient (Wildman–Crippen LogP) is 2.45. The van der Waals surface area contributed by atoms with Gasteiger partial charge >= 0.3 is 5.97 Å². The van der Waals surface area contributed by atoms with Crippen LogP contribution in [0.3, 0.4) is 0 Å². The van der Waals surface area contributed by atoms with Crippen LogP contribution in [-0.4, -0.2) is 11.1 Å². The van der Waals surface area contributed by atoms with E-state index in [0.717, 1.165) is 77.0 Å². The number of benzene rings is 1. The van der Waals surface area contributed by atoms with Crippen LogP contribution >= 0.6 is 0 Å². The van der Waals surface area contributed by atoms with Crippen molar-refractivity contribution in [3.63, 3.8) is 0 Å². The van der Waals surface area contributed by atoms with Crippen molar-refractivity contribution in [3.05, 3.63) is 145 Å². The maximum atomic E-state index is 14.3. The van der Waals surface area contributed by atoms with E-state index in [1.807, 2.05) is 20.8 Å². The Morgan fingerprint density at radius 3 is 0.877 bits per heavy atom. The molecule has 0 saturated heterocycles. The van der Waals surface area contributed by atoms with E-state index in [1.165, 1.54) is 0 Å². The molecule has 0 aliphatic carbocycles. The van der Waals surface area contributed by atoms with Gasteiger partial charge in [-0.15, -0.1) is 0 Å². The lowest BCUT2D eigenvalue weighted by atomic mass is 9.82. The molecule has 2 aromatic carbocycles. The number of hydrogen-bond donors (Lipinski definition) is 1. The number of aryl methyl sites for hydroxylation is 1. The van der Waals surface area contributed by atoms with E-state index in [1.54, 1.807) is 0 Å². The molecule has 0 unspecified atom stereocenters. The molecule has 57 heavy (non-hydrogen) atoms. The Kier molecular flexibility index (Phi) is 19.9. The molecule has 1 N–H and O–H groups in total. The van der Waals surface area contributed by atoms with Crippen LogP contribution in [0.1, 0.15) is 163 Å². The van der Waals surface area contributed by atoms with Crippen molar-refractivity contribution >= 4 is 16.7 Å². The smallest absolute Gasteiger partial charge is 0.336 e. The molecule has 14 heteroatoms. The van der Waals surface area contributed by atoms with E-state index in [4.69, 9.17) is 0 Å². The van der Waals surface area contributed by atoms with Crippen LogP contribution in [-0.2, 0) is 19.3 Å². The highest BCUT2D eigenvalue weighted by Gasteiger charge is 2.27. The molecule has 0 radical (unpaired) electrons. The highest BCUT2D eigenvalue weighted by molar-refractivity contribution is 6.06. The van der Waals surface area contributed by atoms with Crippen molar-refractivity contribution in [2.75, 3.05) is 0 Å². The molecular weight excluding hydrogens is 740 g/mol. The molecule has 0 aliphatic heterocycles. The van der Waals surface area contributed by atoms with Crippen molar-refractivity contribution in [2.45, 2.75) is 156 Å². The predicted molar refractivity (Wildman–Crippen MR) is 220 cm³/mol. The van der Waals surface area contributed by atoms with Crippen LogP contribution in [0.2, 0.25) is 0 Å². The van der Waals surface area contributed by atoms with Crippen molar-refractivity contribution in [1.29, 1.82) is 0 Å². The number of hydrogen-bond acceptors (Lipinski definition) is 13. The van der Waals surface area contributed by atoms with Crippen molar-refractivity contribution in [3.8, 4) is 0 Å². The Labute approximate surface area is 326 Å². The minimum Gasteiger partial charge on any atom is -0.478 e. The molecule has 0 fully saturated rings. The van der Waals surface area contributed by atoms with Gasteiger partial charge in [-0.3, -0.25) is 57.5 Å². The summed E-state index contributed by atoms with van der Waals surface area (Å²) in [7, 11) is 0. The van der Waals surface area contributed by atoms with Gasteiger partial charge in [-0.1, -0.05) is 117 Å². The van der Waals surface area contributed by atoms with Gasteiger partial charge in [0.15, 0.2) is 0 Å². The number of carbonyl (C=O) groups is 1. The molecule has 0 atom stereocenters. The maximum Gasteiger partial charge on any atom is 0.336 e. The summed E-state index contributed by atoms with van der Waals surface area (Å²) in [5.74, 6) is -1.86. The monoisotopic (exact) mass is 792 g/mol. The van der Waals surface area contributed by atoms with Gasteiger partial charge in [0.05, 0.1) is 10.9 Å². The van der Waals surface area contributed by atoms with Crippen LogP contribution < -0.4 is 65.1 Å². The topological polar surface area (TPSA) is 242 Å². The van der Waals surface area contributed by atoms with E-state index >= 15 is 0 Å². The fourth-order valence-corrected chi connectivity index (χ4v) is 6.98.